The summed E-state index contributed by atoms with van der Waals surface area (Å²) in [6, 6.07) is 11.3. The Morgan fingerprint density at radius 3 is 2.48 bits per heavy atom. The van der Waals surface area contributed by atoms with Crippen LogP contribution in [0, 0.1) is 0 Å². The van der Waals surface area contributed by atoms with E-state index < -0.39 is 10.0 Å². The third-order valence-corrected chi connectivity index (χ3v) is 5.79. The van der Waals surface area contributed by atoms with E-state index in [0.29, 0.717) is 21.8 Å². The van der Waals surface area contributed by atoms with Gasteiger partial charge >= 0.3 is 5.69 Å². The van der Waals surface area contributed by atoms with Crippen molar-refractivity contribution in [2.75, 3.05) is 20.2 Å². The van der Waals surface area contributed by atoms with E-state index in [4.69, 9.17) is 16.3 Å². The summed E-state index contributed by atoms with van der Waals surface area (Å²) in [4.78, 5) is 16.5. The molecular formula is C16H16ClN3O4S. The molecule has 1 aromatic heterocycles. The molecule has 0 aliphatic rings. The molecule has 3 rings (SSSR count). The second-order valence-electron chi connectivity index (χ2n) is 5.42. The Labute approximate surface area is 149 Å². The molecule has 25 heavy (non-hydrogen) atoms. The summed E-state index contributed by atoms with van der Waals surface area (Å²) in [5, 5.41) is 0.602. The van der Waals surface area contributed by atoms with Crippen molar-refractivity contribution < 1.29 is 13.2 Å². The minimum Gasteiger partial charge on any atom is -0.492 e. The quantitative estimate of drug-likeness (QED) is 0.684. The summed E-state index contributed by atoms with van der Waals surface area (Å²) in [6.45, 7) is 0.368. The summed E-state index contributed by atoms with van der Waals surface area (Å²) in [7, 11) is -2.21. The lowest BCUT2D eigenvalue weighted by atomic mass is 10.3. The van der Waals surface area contributed by atoms with Crippen LogP contribution in [0.25, 0.3) is 11.0 Å². The molecule has 9 heteroatoms. The summed E-state index contributed by atoms with van der Waals surface area (Å²) >= 11 is 5.80. The number of halogens is 1. The number of nitrogens with one attached hydrogen (secondary N) is 2. The number of fused-ring (bicyclic) bond motifs is 1. The van der Waals surface area contributed by atoms with Gasteiger partial charge in [-0.05, 0) is 42.5 Å². The number of imidazole rings is 1. The fourth-order valence-electron chi connectivity index (χ4n) is 2.30. The van der Waals surface area contributed by atoms with Gasteiger partial charge in [0, 0.05) is 18.6 Å². The first-order valence-electron chi connectivity index (χ1n) is 7.43. The Balaban J connectivity index is 1.69. The average molecular weight is 382 g/mol. The molecule has 2 N–H and O–H groups in total. The van der Waals surface area contributed by atoms with Gasteiger partial charge in [0.1, 0.15) is 12.4 Å². The second-order valence-corrected chi connectivity index (χ2v) is 7.90. The zero-order valence-corrected chi connectivity index (χ0v) is 14.9. The first kappa shape index (κ1) is 17.5. The molecule has 132 valence electrons. The van der Waals surface area contributed by atoms with E-state index in [2.05, 4.69) is 9.97 Å². The molecule has 0 bridgehead atoms. The highest BCUT2D eigenvalue weighted by Crippen LogP contribution is 2.19. The van der Waals surface area contributed by atoms with Gasteiger partial charge < -0.3 is 14.7 Å². The number of rotatable bonds is 6. The van der Waals surface area contributed by atoms with Gasteiger partial charge in [-0.25, -0.2) is 13.2 Å². The average Bonchev–Trinajstić information content (AvgIpc) is 2.95. The minimum atomic E-state index is -3.69. The van der Waals surface area contributed by atoms with Crippen LogP contribution in [0.2, 0.25) is 5.02 Å². The summed E-state index contributed by atoms with van der Waals surface area (Å²) in [5.74, 6) is 0.613. The van der Waals surface area contributed by atoms with Crippen LogP contribution in [-0.2, 0) is 10.0 Å². The largest absolute Gasteiger partial charge is 0.492 e. The van der Waals surface area contributed by atoms with E-state index in [-0.39, 0.29) is 23.7 Å². The fourth-order valence-corrected chi connectivity index (χ4v) is 3.60. The lowest BCUT2D eigenvalue weighted by molar-refractivity contribution is 0.287. The SMILES string of the molecule is CN(CCOc1ccc(Cl)cc1)S(=O)(=O)c1ccc2[nH]c(=O)[nH]c2c1. The van der Waals surface area contributed by atoms with Gasteiger partial charge in [0.2, 0.25) is 10.0 Å². The molecule has 0 fully saturated rings. The minimum absolute atomic E-state index is 0.101. The number of aromatic amines is 2. The number of H-pyrrole nitrogens is 2. The van der Waals surface area contributed by atoms with E-state index in [1.165, 1.54) is 23.5 Å². The molecule has 7 nitrogen and oxygen atoms in total. The van der Waals surface area contributed by atoms with Crippen molar-refractivity contribution in [1.29, 1.82) is 0 Å². The van der Waals surface area contributed by atoms with Gasteiger partial charge in [-0.2, -0.15) is 4.31 Å². The molecule has 0 atom stereocenters. The van der Waals surface area contributed by atoms with Crippen molar-refractivity contribution in [2.45, 2.75) is 4.90 Å². The van der Waals surface area contributed by atoms with Crippen molar-refractivity contribution in [2.24, 2.45) is 0 Å². The number of nitrogens with zero attached hydrogens (tertiary/aromatic N) is 1. The van der Waals surface area contributed by atoms with Crippen LogP contribution in [0.3, 0.4) is 0 Å². The third-order valence-electron chi connectivity index (χ3n) is 3.68. The van der Waals surface area contributed by atoms with Crippen LogP contribution in [0.1, 0.15) is 0 Å². The lowest BCUT2D eigenvalue weighted by Crippen LogP contribution is -2.31. The molecule has 3 aromatic rings. The van der Waals surface area contributed by atoms with Crippen LogP contribution < -0.4 is 10.4 Å². The first-order valence-corrected chi connectivity index (χ1v) is 9.25. The Morgan fingerprint density at radius 2 is 1.76 bits per heavy atom. The van der Waals surface area contributed by atoms with Crippen LogP contribution in [0.15, 0.2) is 52.2 Å². The van der Waals surface area contributed by atoms with Gasteiger partial charge in [-0.1, -0.05) is 11.6 Å². The van der Waals surface area contributed by atoms with E-state index in [9.17, 15) is 13.2 Å². The van der Waals surface area contributed by atoms with Crippen LogP contribution in [0.4, 0.5) is 0 Å². The number of aromatic nitrogens is 2. The Morgan fingerprint density at radius 1 is 1.08 bits per heavy atom. The summed E-state index contributed by atoms with van der Waals surface area (Å²) < 4.78 is 32.0. The number of likely N-dealkylation sites (N-methyl/N-ethyl adjacent to an activating group) is 1. The van der Waals surface area contributed by atoms with Gasteiger partial charge in [0.05, 0.1) is 15.9 Å². The number of hydrogen-bond donors (Lipinski definition) is 2. The van der Waals surface area contributed by atoms with Crippen molar-refractivity contribution in [3.05, 3.63) is 58.0 Å². The molecule has 2 aromatic carbocycles. The molecule has 0 aliphatic heterocycles. The lowest BCUT2D eigenvalue weighted by Gasteiger charge is -2.17. The van der Waals surface area contributed by atoms with Crippen molar-refractivity contribution in [3.63, 3.8) is 0 Å². The van der Waals surface area contributed by atoms with Crippen molar-refractivity contribution in [3.8, 4) is 5.75 Å². The maximum atomic E-state index is 12.6. The van der Waals surface area contributed by atoms with Crippen LogP contribution >= 0.6 is 11.6 Å². The normalized spacial score (nSPS) is 12.0. The third kappa shape index (κ3) is 3.87. The van der Waals surface area contributed by atoms with E-state index in [1.807, 2.05) is 0 Å². The number of sulfonamides is 1. The van der Waals surface area contributed by atoms with Gasteiger partial charge in [-0.3, -0.25) is 0 Å². The van der Waals surface area contributed by atoms with E-state index in [0.717, 1.165) is 0 Å². The molecule has 0 unspecified atom stereocenters. The van der Waals surface area contributed by atoms with Gasteiger partial charge in [0.25, 0.3) is 0 Å². The molecular weight excluding hydrogens is 366 g/mol. The summed E-state index contributed by atoms with van der Waals surface area (Å²) in [5.41, 5.74) is 0.615. The molecule has 0 spiro atoms. The maximum Gasteiger partial charge on any atom is 0.323 e. The zero-order valence-electron chi connectivity index (χ0n) is 13.3. The first-order chi connectivity index (χ1) is 11.9. The highest BCUT2D eigenvalue weighted by molar-refractivity contribution is 7.89. The van der Waals surface area contributed by atoms with Gasteiger partial charge in [0.15, 0.2) is 0 Å². The van der Waals surface area contributed by atoms with E-state index in [1.54, 1.807) is 30.3 Å². The predicted octanol–water partition coefficient (Wildman–Crippen LogP) is 2.21. The molecule has 0 saturated carbocycles. The second kappa shape index (κ2) is 6.91. The molecule has 0 aliphatic carbocycles. The van der Waals surface area contributed by atoms with Crippen LogP contribution in [-0.4, -0.2) is 42.9 Å². The van der Waals surface area contributed by atoms with Crippen LogP contribution in [0.5, 0.6) is 5.75 Å². The Kier molecular flexibility index (Phi) is 4.85. The van der Waals surface area contributed by atoms with Gasteiger partial charge in [-0.15, -0.1) is 0 Å². The van der Waals surface area contributed by atoms with Crippen molar-refractivity contribution >= 4 is 32.7 Å². The molecule has 0 radical (unpaired) electrons. The standard InChI is InChI=1S/C16H16ClN3O4S/c1-20(8-9-24-12-4-2-11(17)3-5-12)25(22,23)13-6-7-14-15(10-13)19-16(21)18-14/h2-7,10H,8-9H2,1H3,(H2,18,19,21). The molecule has 1 heterocycles. The number of hydrogen-bond acceptors (Lipinski definition) is 4. The topological polar surface area (TPSA) is 95.3 Å². The Bertz CT molecular complexity index is 1040. The monoisotopic (exact) mass is 381 g/mol. The van der Waals surface area contributed by atoms with E-state index >= 15 is 0 Å². The number of benzene rings is 2. The smallest absolute Gasteiger partial charge is 0.323 e. The summed E-state index contributed by atoms with van der Waals surface area (Å²) in [6.07, 6.45) is 0. The maximum absolute atomic E-state index is 12.6. The zero-order chi connectivity index (χ0) is 18.0. The number of ether oxygens (including phenoxy) is 1. The Hall–Kier alpha value is -2.29. The molecule has 0 amide bonds. The fraction of sp³-hybridized carbons (Fsp3) is 0.188. The molecule has 0 saturated heterocycles. The highest BCUT2D eigenvalue weighted by Gasteiger charge is 2.21. The highest BCUT2D eigenvalue weighted by atomic mass is 35.5. The van der Waals surface area contributed by atoms with Crippen molar-refractivity contribution in [1.82, 2.24) is 14.3 Å². The predicted molar refractivity (Wildman–Crippen MR) is 95.7 cm³/mol.